The molecule has 0 atom stereocenters. The lowest BCUT2D eigenvalue weighted by atomic mass is 10.1. The molecule has 1 N–H and O–H groups in total. The largest absolute Gasteiger partial charge is 0.496 e. The summed E-state index contributed by atoms with van der Waals surface area (Å²) in [6, 6.07) is 15.2. The summed E-state index contributed by atoms with van der Waals surface area (Å²) >= 11 is 0. The number of nitrogens with one attached hydrogen (secondary N) is 1. The number of benzene rings is 2. The number of carbonyl (C=O) groups excluding carboxylic acids is 2. The Bertz CT molecular complexity index is 726. The van der Waals surface area contributed by atoms with E-state index < -0.39 is 0 Å². The van der Waals surface area contributed by atoms with Gasteiger partial charge < -0.3 is 15.0 Å². The normalized spacial score (nSPS) is 10.2. The average molecular weight is 340 g/mol. The van der Waals surface area contributed by atoms with Crippen LogP contribution >= 0.6 is 0 Å². The summed E-state index contributed by atoms with van der Waals surface area (Å²) in [5.74, 6) is 0.307. The number of anilines is 1. The van der Waals surface area contributed by atoms with E-state index in [0.29, 0.717) is 12.3 Å². The molecule has 25 heavy (non-hydrogen) atoms. The highest BCUT2D eigenvalue weighted by Crippen LogP contribution is 2.19. The van der Waals surface area contributed by atoms with E-state index in [0.717, 1.165) is 17.7 Å². The number of hydrogen-bond acceptors (Lipinski definition) is 3. The molecular weight excluding hydrogens is 316 g/mol. The van der Waals surface area contributed by atoms with Crippen LogP contribution < -0.4 is 10.1 Å². The zero-order chi connectivity index (χ0) is 18.2. The van der Waals surface area contributed by atoms with E-state index in [1.165, 1.54) is 17.4 Å². The van der Waals surface area contributed by atoms with Gasteiger partial charge in [0, 0.05) is 24.7 Å². The molecule has 2 rings (SSSR count). The lowest BCUT2D eigenvalue weighted by Crippen LogP contribution is -2.36. The second-order valence-electron chi connectivity index (χ2n) is 5.79. The van der Waals surface area contributed by atoms with Crippen LogP contribution in [0.4, 0.5) is 5.69 Å². The third-order valence-corrected chi connectivity index (χ3v) is 3.98. The zero-order valence-electron chi connectivity index (χ0n) is 14.9. The van der Waals surface area contributed by atoms with E-state index in [1.807, 2.05) is 48.5 Å². The van der Waals surface area contributed by atoms with Crippen LogP contribution in [0.1, 0.15) is 25.0 Å². The highest BCUT2D eigenvalue weighted by Gasteiger charge is 2.16. The minimum Gasteiger partial charge on any atom is -0.496 e. The number of nitrogens with zero attached hydrogens (tertiary/aromatic N) is 1. The first kappa shape index (κ1) is 18.5. The van der Waals surface area contributed by atoms with Crippen LogP contribution in [0.2, 0.25) is 0 Å². The molecule has 0 saturated carbocycles. The molecule has 0 saturated heterocycles. The van der Waals surface area contributed by atoms with E-state index in [1.54, 1.807) is 7.11 Å². The summed E-state index contributed by atoms with van der Waals surface area (Å²) in [7, 11) is 1.59. The van der Waals surface area contributed by atoms with Crippen LogP contribution in [0.15, 0.2) is 48.5 Å². The van der Waals surface area contributed by atoms with Gasteiger partial charge in [-0.2, -0.15) is 0 Å². The van der Waals surface area contributed by atoms with Gasteiger partial charge in [-0.1, -0.05) is 37.3 Å². The van der Waals surface area contributed by atoms with Gasteiger partial charge in [-0.15, -0.1) is 0 Å². The van der Waals surface area contributed by atoms with Gasteiger partial charge in [-0.3, -0.25) is 9.59 Å². The first-order valence-corrected chi connectivity index (χ1v) is 8.29. The Morgan fingerprint density at radius 1 is 1.08 bits per heavy atom. The van der Waals surface area contributed by atoms with Gasteiger partial charge in [0.1, 0.15) is 12.3 Å². The fourth-order valence-corrected chi connectivity index (χ4v) is 2.52. The predicted octanol–water partition coefficient (Wildman–Crippen LogP) is 3.24. The number of aryl methyl sites for hydroxylation is 1. The Hall–Kier alpha value is -2.82. The van der Waals surface area contributed by atoms with Crippen molar-refractivity contribution in [3.8, 4) is 5.75 Å². The van der Waals surface area contributed by atoms with E-state index in [-0.39, 0.29) is 18.4 Å². The molecular formula is C20H24N2O3. The molecule has 2 amide bonds. The van der Waals surface area contributed by atoms with E-state index >= 15 is 0 Å². The minimum absolute atomic E-state index is 0.0110. The van der Waals surface area contributed by atoms with E-state index in [2.05, 4.69) is 12.2 Å². The number of carbonyl (C=O) groups is 2. The smallest absolute Gasteiger partial charge is 0.244 e. The Kier molecular flexibility index (Phi) is 6.57. The van der Waals surface area contributed by atoms with Gasteiger partial charge in [0.2, 0.25) is 11.8 Å². The number of ether oxygens (including phenoxy) is 1. The van der Waals surface area contributed by atoms with Crippen molar-refractivity contribution in [2.45, 2.75) is 26.8 Å². The van der Waals surface area contributed by atoms with Gasteiger partial charge in [0.15, 0.2) is 0 Å². The van der Waals surface area contributed by atoms with Crippen LogP contribution in [0, 0.1) is 0 Å². The monoisotopic (exact) mass is 340 g/mol. The Labute approximate surface area is 148 Å². The molecule has 0 aliphatic heterocycles. The molecule has 0 fully saturated rings. The number of para-hydroxylation sites is 1. The molecule has 0 aliphatic carbocycles. The second-order valence-corrected chi connectivity index (χ2v) is 5.79. The molecule has 132 valence electrons. The fraction of sp³-hybridized carbons (Fsp3) is 0.300. The minimum atomic E-state index is -0.227. The summed E-state index contributed by atoms with van der Waals surface area (Å²) in [5, 5.41) is 2.83. The van der Waals surface area contributed by atoms with Gasteiger partial charge in [-0.05, 0) is 30.2 Å². The van der Waals surface area contributed by atoms with Crippen LogP contribution in [-0.2, 0) is 22.6 Å². The first-order valence-electron chi connectivity index (χ1n) is 8.29. The number of rotatable bonds is 7. The molecule has 0 unspecified atom stereocenters. The number of amides is 2. The molecule has 2 aromatic rings. The molecule has 0 radical (unpaired) electrons. The van der Waals surface area contributed by atoms with Crippen molar-refractivity contribution in [2.24, 2.45) is 0 Å². The molecule has 0 aliphatic rings. The topological polar surface area (TPSA) is 58.6 Å². The summed E-state index contributed by atoms with van der Waals surface area (Å²) in [6.45, 7) is 3.85. The third kappa shape index (κ3) is 5.35. The maximum atomic E-state index is 12.3. The van der Waals surface area contributed by atoms with Crippen LogP contribution in [0.5, 0.6) is 5.75 Å². The Morgan fingerprint density at radius 2 is 1.76 bits per heavy atom. The van der Waals surface area contributed by atoms with Gasteiger partial charge in [-0.25, -0.2) is 0 Å². The lowest BCUT2D eigenvalue weighted by molar-refractivity contribution is -0.133. The van der Waals surface area contributed by atoms with Crippen molar-refractivity contribution < 1.29 is 14.3 Å². The van der Waals surface area contributed by atoms with E-state index in [9.17, 15) is 9.59 Å². The Balaban J connectivity index is 2.02. The highest BCUT2D eigenvalue weighted by molar-refractivity contribution is 5.94. The molecule has 5 nitrogen and oxygen atoms in total. The van der Waals surface area contributed by atoms with Gasteiger partial charge >= 0.3 is 0 Å². The van der Waals surface area contributed by atoms with Crippen LogP contribution in [-0.4, -0.2) is 30.4 Å². The first-order chi connectivity index (χ1) is 12.0. The summed E-state index contributed by atoms with van der Waals surface area (Å²) < 4.78 is 5.31. The van der Waals surface area contributed by atoms with Crippen molar-refractivity contribution in [3.05, 3.63) is 59.7 Å². The van der Waals surface area contributed by atoms with Gasteiger partial charge in [0.25, 0.3) is 0 Å². The lowest BCUT2D eigenvalue weighted by Gasteiger charge is -2.21. The zero-order valence-corrected chi connectivity index (χ0v) is 14.9. The average Bonchev–Trinajstić information content (AvgIpc) is 2.62. The summed E-state index contributed by atoms with van der Waals surface area (Å²) in [5.41, 5.74) is 2.79. The maximum absolute atomic E-state index is 12.3. The van der Waals surface area contributed by atoms with Crippen molar-refractivity contribution in [3.63, 3.8) is 0 Å². The molecule has 0 aromatic heterocycles. The van der Waals surface area contributed by atoms with Crippen molar-refractivity contribution in [1.82, 2.24) is 4.90 Å². The predicted molar refractivity (Wildman–Crippen MR) is 98.5 cm³/mol. The van der Waals surface area contributed by atoms with Crippen molar-refractivity contribution >= 4 is 17.5 Å². The summed E-state index contributed by atoms with van der Waals surface area (Å²) in [6.07, 6.45) is 0.950. The number of hydrogen-bond donors (Lipinski definition) is 1. The van der Waals surface area contributed by atoms with E-state index in [4.69, 9.17) is 4.74 Å². The SMILES string of the molecule is CCc1ccc(NC(=O)CN(Cc2ccccc2OC)C(C)=O)cc1. The van der Waals surface area contributed by atoms with Crippen molar-refractivity contribution in [2.75, 3.05) is 19.0 Å². The Morgan fingerprint density at radius 3 is 2.36 bits per heavy atom. The third-order valence-electron chi connectivity index (χ3n) is 3.98. The number of methoxy groups -OCH3 is 1. The van der Waals surface area contributed by atoms with Crippen molar-refractivity contribution in [1.29, 1.82) is 0 Å². The van der Waals surface area contributed by atoms with Gasteiger partial charge in [0.05, 0.1) is 7.11 Å². The molecule has 0 spiro atoms. The second kappa shape index (κ2) is 8.87. The summed E-state index contributed by atoms with van der Waals surface area (Å²) in [4.78, 5) is 25.7. The highest BCUT2D eigenvalue weighted by atomic mass is 16.5. The molecule has 0 heterocycles. The van der Waals surface area contributed by atoms with Crippen LogP contribution in [0.25, 0.3) is 0 Å². The molecule has 5 heteroatoms. The fourth-order valence-electron chi connectivity index (χ4n) is 2.52. The quantitative estimate of drug-likeness (QED) is 0.842. The molecule has 2 aromatic carbocycles. The maximum Gasteiger partial charge on any atom is 0.244 e. The standard InChI is InChI=1S/C20H24N2O3/c1-4-16-9-11-18(12-10-16)21-20(24)14-22(15(2)23)13-17-7-5-6-8-19(17)25-3/h5-12H,4,13-14H2,1-3H3,(H,21,24). The van der Waals surface area contributed by atoms with Crippen LogP contribution in [0.3, 0.4) is 0 Å². The molecule has 0 bridgehead atoms.